The summed E-state index contributed by atoms with van der Waals surface area (Å²) < 4.78 is 4.59. The molecule has 1 saturated heterocycles. The van der Waals surface area contributed by atoms with E-state index < -0.39 is 0 Å². The molecule has 0 bridgehead atoms. The van der Waals surface area contributed by atoms with Crippen LogP contribution in [0.2, 0.25) is 4.34 Å². The molecule has 0 N–H and O–H groups in total. The molecule has 0 spiro atoms. The Labute approximate surface area is 105 Å². The van der Waals surface area contributed by atoms with Gasteiger partial charge in [-0.15, -0.1) is 5.10 Å². The Morgan fingerprint density at radius 1 is 1.50 bits per heavy atom. The van der Waals surface area contributed by atoms with E-state index in [0.717, 1.165) is 36.2 Å². The van der Waals surface area contributed by atoms with Gasteiger partial charge in [0.25, 0.3) is 0 Å². The van der Waals surface area contributed by atoms with Crippen LogP contribution >= 0.6 is 23.1 Å². The molecule has 1 aliphatic rings. The number of hydrogen-bond acceptors (Lipinski definition) is 5. The van der Waals surface area contributed by atoms with E-state index in [9.17, 15) is 0 Å². The number of rotatable bonds is 3. The second-order valence-electron chi connectivity index (χ2n) is 4.27. The summed E-state index contributed by atoms with van der Waals surface area (Å²) in [6.07, 6.45) is 1.19. The maximum absolute atomic E-state index is 6.01. The summed E-state index contributed by atoms with van der Waals surface area (Å²) in [7, 11) is 2.20. The van der Waals surface area contributed by atoms with Crippen molar-refractivity contribution in [1.29, 1.82) is 0 Å². The average molecular weight is 261 g/mol. The summed E-state index contributed by atoms with van der Waals surface area (Å²) in [5, 5.41) is 4.06. The third-order valence-corrected chi connectivity index (χ3v) is 4.20. The number of nitrogens with zero attached hydrogens (tertiary/aromatic N) is 4. The van der Waals surface area contributed by atoms with Crippen molar-refractivity contribution in [2.75, 3.05) is 26.7 Å². The van der Waals surface area contributed by atoms with Gasteiger partial charge in [0, 0.05) is 43.8 Å². The molecule has 1 aromatic rings. The lowest BCUT2D eigenvalue weighted by atomic mass is 10.1. The molecule has 0 amide bonds. The lowest BCUT2D eigenvalue weighted by Gasteiger charge is -2.38. The van der Waals surface area contributed by atoms with Crippen LogP contribution in [-0.4, -0.2) is 52.1 Å². The van der Waals surface area contributed by atoms with Gasteiger partial charge in [0.05, 0.1) is 0 Å². The molecule has 4 nitrogen and oxygen atoms in total. The highest BCUT2D eigenvalue weighted by Gasteiger charge is 2.23. The fourth-order valence-corrected chi connectivity index (χ4v) is 2.71. The third kappa shape index (κ3) is 2.71. The maximum Gasteiger partial charge on any atom is 0.138 e. The molecule has 6 heteroatoms. The Bertz CT molecular complexity index is 343. The van der Waals surface area contributed by atoms with E-state index in [0.29, 0.717) is 6.04 Å². The number of halogens is 1. The van der Waals surface area contributed by atoms with E-state index in [2.05, 4.69) is 33.4 Å². The highest BCUT2D eigenvalue weighted by molar-refractivity contribution is 7.10. The molecule has 16 heavy (non-hydrogen) atoms. The Morgan fingerprint density at radius 3 is 2.94 bits per heavy atom. The molecule has 1 aromatic heterocycles. The van der Waals surface area contributed by atoms with Crippen LogP contribution in [0.4, 0.5) is 0 Å². The zero-order valence-corrected chi connectivity index (χ0v) is 11.3. The summed E-state index contributed by atoms with van der Waals surface area (Å²) in [4.78, 5) is 4.84. The molecular weight excluding hydrogens is 244 g/mol. The first-order valence-electron chi connectivity index (χ1n) is 5.60. The van der Waals surface area contributed by atoms with Crippen molar-refractivity contribution in [1.82, 2.24) is 19.4 Å². The normalized spacial score (nSPS) is 23.8. The van der Waals surface area contributed by atoms with Crippen LogP contribution in [0.5, 0.6) is 0 Å². The van der Waals surface area contributed by atoms with Gasteiger partial charge >= 0.3 is 0 Å². The molecule has 2 heterocycles. The average Bonchev–Trinajstić information content (AvgIpc) is 2.67. The third-order valence-electron chi connectivity index (χ3n) is 3.22. The lowest BCUT2D eigenvalue weighted by Crippen LogP contribution is -2.50. The van der Waals surface area contributed by atoms with Crippen molar-refractivity contribution in [3.63, 3.8) is 0 Å². The molecule has 0 saturated carbocycles. The molecule has 1 unspecified atom stereocenters. The first kappa shape index (κ1) is 12.2. The fourth-order valence-electron chi connectivity index (χ4n) is 2.10. The van der Waals surface area contributed by atoms with E-state index in [-0.39, 0.29) is 0 Å². The van der Waals surface area contributed by atoms with E-state index in [1.807, 2.05) is 0 Å². The van der Waals surface area contributed by atoms with Gasteiger partial charge in [-0.2, -0.15) is 0 Å². The molecule has 90 valence electrons. The summed E-state index contributed by atoms with van der Waals surface area (Å²) in [6, 6.07) is 0.652. The highest BCUT2D eigenvalue weighted by Crippen LogP contribution is 2.20. The predicted molar refractivity (Wildman–Crippen MR) is 66.9 cm³/mol. The van der Waals surface area contributed by atoms with Crippen LogP contribution in [0.3, 0.4) is 0 Å². The van der Waals surface area contributed by atoms with E-state index in [1.54, 1.807) is 0 Å². The Balaban J connectivity index is 1.94. The monoisotopic (exact) mass is 260 g/mol. The number of hydrogen-bond donors (Lipinski definition) is 0. The van der Waals surface area contributed by atoms with Crippen molar-refractivity contribution >= 4 is 23.1 Å². The van der Waals surface area contributed by atoms with Gasteiger partial charge < -0.3 is 4.90 Å². The molecule has 0 radical (unpaired) electrons. The minimum atomic E-state index is 0.652. The van der Waals surface area contributed by atoms with Crippen molar-refractivity contribution in [3.05, 3.63) is 10.0 Å². The van der Waals surface area contributed by atoms with Gasteiger partial charge in [0.1, 0.15) is 10.0 Å². The van der Waals surface area contributed by atoms with E-state index >= 15 is 0 Å². The van der Waals surface area contributed by atoms with Gasteiger partial charge in [-0.1, -0.05) is 23.0 Å². The molecule has 2 rings (SSSR count). The summed E-state index contributed by atoms with van der Waals surface area (Å²) >= 11 is 7.28. The van der Waals surface area contributed by atoms with Crippen molar-refractivity contribution in [2.45, 2.75) is 25.9 Å². The Kier molecular flexibility index (Phi) is 4.13. The summed E-state index contributed by atoms with van der Waals surface area (Å²) in [5.41, 5.74) is 0.922. The van der Waals surface area contributed by atoms with Crippen LogP contribution in [0.1, 0.15) is 19.0 Å². The predicted octanol–water partition coefficient (Wildman–Crippen LogP) is 1.72. The van der Waals surface area contributed by atoms with Crippen molar-refractivity contribution in [3.8, 4) is 0 Å². The smallest absolute Gasteiger partial charge is 0.138 e. The van der Waals surface area contributed by atoms with E-state index in [4.69, 9.17) is 11.6 Å². The minimum Gasteiger partial charge on any atom is -0.301 e. The van der Waals surface area contributed by atoms with Crippen LogP contribution in [0, 0.1) is 0 Å². The lowest BCUT2D eigenvalue weighted by molar-refractivity contribution is 0.0875. The van der Waals surface area contributed by atoms with Gasteiger partial charge in [-0.05, 0) is 13.5 Å². The second-order valence-corrected chi connectivity index (χ2v) is 5.63. The molecular formula is C10H17ClN4S. The van der Waals surface area contributed by atoms with Gasteiger partial charge in [0.15, 0.2) is 0 Å². The fraction of sp³-hybridized carbons (Fsp3) is 0.800. The largest absolute Gasteiger partial charge is 0.301 e. The van der Waals surface area contributed by atoms with Crippen LogP contribution in [0.25, 0.3) is 0 Å². The zero-order valence-electron chi connectivity index (χ0n) is 9.69. The van der Waals surface area contributed by atoms with Crippen molar-refractivity contribution < 1.29 is 0 Å². The quantitative estimate of drug-likeness (QED) is 0.829. The van der Waals surface area contributed by atoms with Crippen LogP contribution in [0.15, 0.2) is 0 Å². The first-order valence-corrected chi connectivity index (χ1v) is 6.75. The van der Waals surface area contributed by atoms with Crippen molar-refractivity contribution in [2.24, 2.45) is 0 Å². The molecule has 1 aliphatic heterocycles. The van der Waals surface area contributed by atoms with Gasteiger partial charge in [-0.25, -0.2) is 0 Å². The highest BCUT2D eigenvalue weighted by atomic mass is 35.5. The van der Waals surface area contributed by atoms with E-state index in [1.165, 1.54) is 18.0 Å². The minimum absolute atomic E-state index is 0.652. The SMILES string of the molecule is CCC1CN(Cc2nnsc2Cl)CCN1C. The maximum atomic E-state index is 6.01. The molecule has 1 fully saturated rings. The number of aromatic nitrogens is 2. The van der Waals surface area contributed by atoms with Gasteiger partial charge in [0.2, 0.25) is 0 Å². The second kappa shape index (κ2) is 5.40. The number of likely N-dealkylation sites (N-methyl/N-ethyl adjacent to an activating group) is 1. The van der Waals surface area contributed by atoms with Crippen LogP contribution < -0.4 is 0 Å². The molecule has 0 aliphatic carbocycles. The zero-order chi connectivity index (χ0) is 11.5. The number of piperazine rings is 1. The topological polar surface area (TPSA) is 32.3 Å². The molecule has 1 atom stereocenters. The first-order chi connectivity index (χ1) is 7.70. The van der Waals surface area contributed by atoms with Crippen LogP contribution in [-0.2, 0) is 6.54 Å². The Morgan fingerprint density at radius 2 is 2.31 bits per heavy atom. The summed E-state index contributed by atoms with van der Waals surface area (Å²) in [6.45, 7) is 6.37. The Hall–Kier alpha value is -0.230. The molecule has 0 aromatic carbocycles. The standard InChI is InChI=1S/C10H17ClN4S/c1-3-8-6-15(5-4-14(8)2)7-9-10(11)16-13-12-9/h8H,3-7H2,1-2H3. The van der Waals surface area contributed by atoms with Gasteiger partial charge in [-0.3, -0.25) is 4.90 Å². The summed E-state index contributed by atoms with van der Waals surface area (Å²) in [5.74, 6) is 0.